The molecule has 126 valence electrons. The lowest BCUT2D eigenvalue weighted by molar-refractivity contribution is -0.137. The van der Waals surface area contributed by atoms with Gasteiger partial charge in [0.1, 0.15) is 5.75 Å². The van der Waals surface area contributed by atoms with Crippen LogP contribution in [0.3, 0.4) is 0 Å². The lowest BCUT2D eigenvalue weighted by Crippen LogP contribution is -2.54. The van der Waals surface area contributed by atoms with Gasteiger partial charge in [0.05, 0.1) is 24.6 Å². The van der Waals surface area contributed by atoms with Crippen LogP contribution in [-0.2, 0) is 11.0 Å². The lowest BCUT2D eigenvalue weighted by atomic mass is 9.83. The Morgan fingerprint density at radius 3 is 2.08 bits per heavy atom. The third-order valence-corrected chi connectivity index (χ3v) is 4.31. The van der Waals surface area contributed by atoms with Gasteiger partial charge >= 0.3 is 6.18 Å². The average molecular weight is 335 g/mol. The van der Waals surface area contributed by atoms with Gasteiger partial charge in [-0.1, -0.05) is 19.1 Å². The van der Waals surface area contributed by atoms with E-state index >= 15 is 0 Å². The fourth-order valence-electron chi connectivity index (χ4n) is 2.97. The number of amides is 1. The first-order chi connectivity index (χ1) is 11.3. The summed E-state index contributed by atoms with van der Waals surface area (Å²) in [7, 11) is 1.55. The Bertz CT molecular complexity index is 738. The average Bonchev–Trinajstić information content (AvgIpc) is 2.58. The van der Waals surface area contributed by atoms with E-state index in [0.717, 1.165) is 12.1 Å². The summed E-state index contributed by atoms with van der Waals surface area (Å²) in [6, 6.07) is 11.7. The van der Waals surface area contributed by atoms with E-state index in [-0.39, 0.29) is 17.9 Å². The highest BCUT2D eigenvalue weighted by Gasteiger charge is 2.46. The minimum atomic E-state index is -4.37. The molecule has 0 bridgehead atoms. The minimum absolute atomic E-state index is 0.0509. The van der Waals surface area contributed by atoms with Crippen LogP contribution in [-0.4, -0.2) is 13.0 Å². The number of rotatable bonds is 3. The van der Waals surface area contributed by atoms with Crippen molar-refractivity contribution in [1.82, 2.24) is 0 Å². The van der Waals surface area contributed by atoms with Crippen molar-refractivity contribution in [3.05, 3.63) is 59.7 Å². The van der Waals surface area contributed by atoms with E-state index in [1.165, 1.54) is 12.1 Å². The van der Waals surface area contributed by atoms with E-state index in [0.29, 0.717) is 17.0 Å². The second-order valence-electron chi connectivity index (χ2n) is 5.76. The van der Waals surface area contributed by atoms with Crippen LogP contribution in [0.2, 0.25) is 0 Å². The number of ether oxygens (including phenoxy) is 1. The summed E-state index contributed by atoms with van der Waals surface area (Å²) in [5.41, 5.74) is 0.690. The molecule has 2 unspecified atom stereocenters. The van der Waals surface area contributed by atoms with E-state index in [1.807, 2.05) is 0 Å². The molecular formula is C18H16F3NO2. The predicted molar refractivity (Wildman–Crippen MR) is 83.8 cm³/mol. The predicted octanol–water partition coefficient (Wildman–Crippen LogP) is 4.44. The molecule has 2 aromatic carbocycles. The van der Waals surface area contributed by atoms with E-state index in [9.17, 15) is 18.0 Å². The second kappa shape index (κ2) is 5.85. The molecule has 6 heteroatoms. The van der Waals surface area contributed by atoms with Crippen LogP contribution >= 0.6 is 0 Å². The zero-order valence-electron chi connectivity index (χ0n) is 13.2. The fourth-order valence-corrected chi connectivity index (χ4v) is 2.97. The Morgan fingerprint density at radius 1 is 1.00 bits per heavy atom. The van der Waals surface area contributed by atoms with E-state index < -0.39 is 11.7 Å². The molecule has 1 aliphatic rings. The molecule has 0 aromatic heterocycles. The molecule has 3 rings (SSSR count). The smallest absolute Gasteiger partial charge is 0.416 e. The van der Waals surface area contributed by atoms with Crippen molar-refractivity contribution in [2.75, 3.05) is 12.0 Å². The number of anilines is 1. The highest BCUT2D eigenvalue weighted by Crippen LogP contribution is 2.44. The maximum absolute atomic E-state index is 12.7. The lowest BCUT2D eigenvalue weighted by Gasteiger charge is -2.46. The molecule has 1 heterocycles. The summed E-state index contributed by atoms with van der Waals surface area (Å²) >= 11 is 0. The summed E-state index contributed by atoms with van der Waals surface area (Å²) in [4.78, 5) is 13.8. The van der Waals surface area contributed by atoms with Crippen LogP contribution < -0.4 is 9.64 Å². The number of hydrogen-bond donors (Lipinski definition) is 0. The number of benzene rings is 2. The number of β-lactam (4-membered cyclic amide) rings is 1. The van der Waals surface area contributed by atoms with E-state index in [2.05, 4.69) is 0 Å². The summed E-state index contributed by atoms with van der Waals surface area (Å²) in [6.07, 6.45) is -4.37. The number of carbonyl (C=O) groups is 1. The van der Waals surface area contributed by atoms with Crippen LogP contribution in [0, 0.1) is 5.92 Å². The van der Waals surface area contributed by atoms with Gasteiger partial charge < -0.3 is 9.64 Å². The van der Waals surface area contributed by atoms with Crippen molar-refractivity contribution < 1.29 is 22.7 Å². The minimum Gasteiger partial charge on any atom is -0.497 e. The molecule has 3 nitrogen and oxygen atoms in total. The molecule has 0 N–H and O–H groups in total. The third-order valence-electron chi connectivity index (χ3n) is 4.31. The molecule has 1 aliphatic heterocycles. The van der Waals surface area contributed by atoms with Crippen molar-refractivity contribution in [3.8, 4) is 5.75 Å². The van der Waals surface area contributed by atoms with Gasteiger partial charge in [-0.15, -0.1) is 0 Å². The highest BCUT2D eigenvalue weighted by molar-refractivity contribution is 6.03. The van der Waals surface area contributed by atoms with Gasteiger partial charge in [-0.3, -0.25) is 4.79 Å². The van der Waals surface area contributed by atoms with Crippen molar-refractivity contribution in [3.63, 3.8) is 0 Å². The van der Waals surface area contributed by atoms with Gasteiger partial charge in [-0.25, -0.2) is 0 Å². The molecule has 0 saturated carbocycles. The van der Waals surface area contributed by atoms with Gasteiger partial charge in [0.25, 0.3) is 0 Å². The molecule has 0 aliphatic carbocycles. The molecule has 0 radical (unpaired) electrons. The van der Waals surface area contributed by atoms with Crippen molar-refractivity contribution in [2.24, 2.45) is 5.92 Å². The maximum atomic E-state index is 12.7. The van der Waals surface area contributed by atoms with Crippen LogP contribution in [0.4, 0.5) is 18.9 Å². The van der Waals surface area contributed by atoms with E-state index in [4.69, 9.17) is 4.74 Å². The van der Waals surface area contributed by atoms with Crippen LogP contribution in [0.25, 0.3) is 0 Å². The summed E-state index contributed by atoms with van der Waals surface area (Å²) in [5.74, 6) is 0.347. The second-order valence-corrected chi connectivity index (χ2v) is 5.76. The Balaban J connectivity index is 1.89. The largest absolute Gasteiger partial charge is 0.497 e. The Hall–Kier alpha value is -2.50. The quantitative estimate of drug-likeness (QED) is 0.776. The number of nitrogens with zero attached hydrogens (tertiary/aromatic N) is 1. The van der Waals surface area contributed by atoms with Gasteiger partial charge in [-0.2, -0.15) is 13.2 Å². The number of alkyl halides is 3. The molecule has 2 atom stereocenters. The first kappa shape index (κ1) is 16.4. The first-order valence-electron chi connectivity index (χ1n) is 7.47. The molecule has 2 aromatic rings. The number of carbonyl (C=O) groups excluding carboxylic acids is 1. The van der Waals surface area contributed by atoms with E-state index in [1.54, 1.807) is 43.2 Å². The van der Waals surface area contributed by atoms with Crippen LogP contribution in [0.15, 0.2) is 48.5 Å². The number of halogens is 3. The normalized spacial score (nSPS) is 20.7. The molecular weight excluding hydrogens is 319 g/mol. The Morgan fingerprint density at radius 2 is 1.58 bits per heavy atom. The van der Waals surface area contributed by atoms with Gasteiger partial charge in [0.2, 0.25) is 5.91 Å². The first-order valence-corrected chi connectivity index (χ1v) is 7.47. The fraction of sp³-hybridized carbons (Fsp3) is 0.278. The monoisotopic (exact) mass is 335 g/mol. The summed E-state index contributed by atoms with van der Waals surface area (Å²) < 4.78 is 43.2. The zero-order chi connectivity index (χ0) is 17.5. The Kier molecular flexibility index (Phi) is 3.99. The van der Waals surface area contributed by atoms with Gasteiger partial charge in [0.15, 0.2) is 0 Å². The van der Waals surface area contributed by atoms with Crippen LogP contribution in [0.1, 0.15) is 24.1 Å². The van der Waals surface area contributed by atoms with Crippen molar-refractivity contribution in [2.45, 2.75) is 19.1 Å². The molecule has 1 fully saturated rings. The van der Waals surface area contributed by atoms with Crippen LogP contribution in [0.5, 0.6) is 5.75 Å². The molecule has 0 spiro atoms. The topological polar surface area (TPSA) is 29.5 Å². The van der Waals surface area contributed by atoms with Gasteiger partial charge in [0, 0.05) is 5.69 Å². The standard InChI is InChI=1S/C18H16F3NO2/c1-11-16(12-3-5-13(6-4-12)18(19,20)21)22(17(11)23)14-7-9-15(24-2)10-8-14/h3-11,16H,1-2H3. The highest BCUT2D eigenvalue weighted by atomic mass is 19.4. The summed E-state index contributed by atoms with van der Waals surface area (Å²) in [5, 5.41) is 0. The molecule has 1 amide bonds. The number of hydrogen-bond acceptors (Lipinski definition) is 2. The SMILES string of the molecule is COc1ccc(N2C(=O)C(C)C2c2ccc(C(F)(F)F)cc2)cc1. The maximum Gasteiger partial charge on any atom is 0.416 e. The third kappa shape index (κ3) is 2.72. The molecule has 24 heavy (non-hydrogen) atoms. The Labute approximate surface area is 137 Å². The van der Waals surface area contributed by atoms with Crippen molar-refractivity contribution in [1.29, 1.82) is 0 Å². The molecule has 1 saturated heterocycles. The summed E-state index contributed by atoms with van der Waals surface area (Å²) in [6.45, 7) is 1.78. The number of methoxy groups -OCH3 is 1. The van der Waals surface area contributed by atoms with Crippen molar-refractivity contribution >= 4 is 11.6 Å². The zero-order valence-corrected chi connectivity index (χ0v) is 13.2. The van der Waals surface area contributed by atoms with Gasteiger partial charge in [-0.05, 0) is 42.0 Å².